The second kappa shape index (κ2) is 7.92. The van der Waals surface area contributed by atoms with Gasteiger partial charge in [-0.05, 0) is 29.8 Å². The maximum Gasteiger partial charge on any atom is 0.204 e. The third-order valence-corrected chi connectivity index (χ3v) is 5.11. The molecule has 31 heavy (non-hydrogen) atoms. The molecule has 3 aromatic carbocycles. The zero-order valence-electron chi connectivity index (χ0n) is 17.4. The van der Waals surface area contributed by atoms with Crippen LogP contribution in [0.2, 0.25) is 0 Å². The Hall–Kier alpha value is -4.18. The standard InChI is InChI=1S/C24H19NO6/c1-27-16-9-8-15-21(26)20-18(29-3)11-17(28-2)19(14-7-5-6-13(10-14)12-25)24(20)31-22(15)23(16)30-4/h5-11H,1-4H3. The molecule has 1 heterocycles. The van der Waals surface area contributed by atoms with Crippen molar-refractivity contribution in [3.05, 3.63) is 58.3 Å². The van der Waals surface area contributed by atoms with E-state index in [0.29, 0.717) is 45.1 Å². The zero-order chi connectivity index (χ0) is 22.1. The minimum Gasteiger partial charge on any atom is -0.496 e. The molecule has 0 unspecified atom stereocenters. The molecule has 0 bridgehead atoms. The average molecular weight is 417 g/mol. The quantitative estimate of drug-likeness (QED) is 0.441. The Labute approximate surface area is 177 Å². The smallest absolute Gasteiger partial charge is 0.204 e. The van der Waals surface area contributed by atoms with Gasteiger partial charge in [0.05, 0.1) is 51.0 Å². The van der Waals surface area contributed by atoms with Gasteiger partial charge < -0.3 is 23.4 Å². The molecule has 0 aliphatic carbocycles. The highest BCUT2D eigenvalue weighted by molar-refractivity contribution is 6.04. The molecule has 0 amide bonds. The van der Waals surface area contributed by atoms with Gasteiger partial charge >= 0.3 is 0 Å². The summed E-state index contributed by atoms with van der Waals surface area (Å²) in [5, 5.41) is 9.93. The number of rotatable bonds is 5. The summed E-state index contributed by atoms with van der Waals surface area (Å²) in [7, 11) is 5.97. The van der Waals surface area contributed by atoms with Crippen LogP contribution >= 0.6 is 0 Å². The number of benzene rings is 3. The van der Waals surface area contributed by atoms with Crippen LogP contribution in [0.3, 0.4) is 0 Å². The summed E-state index contributed by atoms with van der Waals surface area (Å²) < 4.78 is 28.2. The Morgan fingerprint density at radius 2 is 1.58 bits per heavy atom. The van der Waals surface area contributed by atoms with Crippen LogP contribution in [0.25, 0.3) is 33.1 Å². The minimum absolute atomic E-state index is 0.243. The first-order chi connectivity index (χ1) is 15.1. The molecule has 0 aliphatic heterocycles. The summed E-state index contributed by atoms with van der Waals surface area (Å²) in [5.41, 5.74) is 1.87. The van der Waals surface area contributed by atoms with E-state index < -0.39 is 0 Å². The molecule has 4 aromatic rings. The molecule has 156 valence electrons. The lowest BCUT2D eigenvalue weighted by Crippen LogP contribution is -2.07. The highest BCUT2D eigenvalue weighted by atomic mass is 16.5. The van der Waals surface area contributed by atoms with Crippen LogP contribution in [0.5, 0.6) is 23.0 Å². The molecule has 0 spiro atoms. The number of methoxy groups -OCH3 is 4. The third-order valence-electron chi connectivity index (χ3n) is 5.11. The van der Waals surface area contributed by atoms with E-state index in [-0.39, 0.29) is 22.0 Å². The van der Waals surface area contributed by atoms with E-state index in [0.717, 1.165) is 0 Å². The van der Waals surface area contributed by atoms with E-state index in [1.165, 1.54) is 28.4 Å². The fourth-order valence-corrected chi connectivity index (χ4v) is 3.68. The highest BCUT2D eigenvalue weighted by Gasteiger charge is 2.24. The third kappa shape index (κ3) is 3.09. The zero-order valence-corrected chi connectivity index (χ0v) is 17.4. The molecule has 1 aromatic heterocycles. The molecule has 0 N–H and O–H groups in total. The van der Waals surface area contributed by atoms with Crippen molar-refractivity contribution < 1.29 is 23.4 Å². The molecule has 7 nitrogen and oxygen atoms in total. The van der Waals surface area contributed by atoms with Crippen molar-refractivity contribution in [2.75, 3.05) is 28.4 Å². The van der Waals surface area contributed by atoms with Crippen LogP contribution in [-0.4, -0.2) is 28.4 Å². The summed E-state index contributed by atoms with van der Waals surface area (Å²) in [6.07, 6.45) is 0. The Morgan fingerprint density at radius 1 is 0.839 bits per heavy atom. The largest absolute Gasteiger partial charge is 0.496 e. The van der Waals surface area contributed by atoms with E-state index >= 15 is 0 Å². The molecule has 0 saturated carbocycles. The van der Waals surface area contributed by atoms with Gasteiger partial charge in [-0.25, -0.2) is 0 Å². The van der Waals surface area contributed by atoms with Crippen LogP contribution in [0.4, 0.5) is 0 Å². The van der Waals surface area contributed by atoms with E-state index in [1.54, 1.807) is 36.4 Å². The Bertz CT molecular complexity index is 1410. The second-order valence-corrected chi connectivity index (χ2v) is 6.66. The van der Waals surface area contributed by atoms with Gasteiger partial charge in [0, 0.05) is 6.07 Å². The summed E-state index contributed by atoms with van der Waals surface area (Å²) in [5.74, 6) is 1.49. The fourth-order valence-electron chi connectivity index (χ4n) is 3.68. The van der Waals surface area contributed by atoms with Crippen molar-refractivity contribution >= 4 is 21.9 Å². The van der Waals surface area contributed by atoms with Crippen LogP contribution in [-0.2, 0) is 0 Å². The van der Waals surface area contributed by atoms with E-state index in [4.69, 9.17) is 23.4 Å². The summed E-state index contributed by atoms with van der Waals surface area (Å²) in [4.78, 5) is 13.5. The van der Waals surface area contributed by atoms with Crippen LogP contribution < -0.4 is 24.4 Å². The molecule has 0 atom stereocenters. The van der Waals surface area contributed by atoms with Crippen LogP contribution in [0.15, 0.2) is 51.7 Å². The number of nitrogens with zero attached hydrogens (tertiary/aromatic N) is 1. The lowest BCUT2D eigenvalue weighted by atomic mass is 9.98. The topological polar surface area (TPSA) is 90.9 Å². The molecule has 0 saturated heterocycles. The van der Waals surface area contributed by atoms with Crippen molar-refractivity contribution in [3.8, 4) is 40.2 Å². The number of hydrogen-bond acceptors (Lipinski definition) is 7. The predicted octanol–water partition coefficient (Wildman–Crippen LogP) is 4.52. The molecule has 7 heteroatoms. The van der Waals surface area contributed by atoms with Gasteiger partial charge in [-0.3, -0.25) is 4.79 Å². The summed E-state index contributed by atoms with van der Waals surface area (Å²) in [6, 6.07) is 14.0. The van der Waals surface area contributed by atoms with Gasteiger partial charge in [0.2, 0.25) is 11.2 Å². The maximum atomic E-state index is 13.5. The highest BCUT2D eigenvalue weighted by Crippen LogP contribution is 2.44. The SMILES string of the molecule is COc1ccc2c(=O)c3c(OC)cc(OC)c(-c4cccc(C#N)c4)c3oc2c1OC. The summed E-state index contributed by atoms with van der Waals surface area (Å²) >= 11 is 0. The van der Waals surface area contributed by atoms with Crippen molar-refractivity contribution in [3.63, 3.8) is 0 Å². The van der Waals surface area contributed by atoms with Gasteiger partial charge in [-0.1, -0.05) is 12.1 Å². The molecular weight excluding hydrogens is 398 g/mol. The number of ether oxygens (including phenoxy) is 4. The average Bonchev–Trinajstić information content (AvgIpc) is 2.82. The minimum atomic E-state index is -0.283. The van der Waals surface area contributed by atoms with E-state index in [9.17, 15) is 10.1 Å². The van der Waals surface area contributed by atoms with Crippen LogP contribution in [0.1, 0.15) is 5.56 Å². The Morgan fingerprint density at radius 3 is 2.23 bits per heavy atom. The first-order valence-corrected chi connectivity index (χ1v) is 9.34. The first-order valence-electron chi connectivity index (χ1n) is 9.34. The maximum absolute atomic E-state index is 13.5. The van der Waals surface area contributed by atoms with Crippen LogP contribution in [0, 0.1) is 11.3 Å². The van der Waals surface area contributed by atoms with Gasteiger partial charge in [-0.2, -0.15) is 5.26 Å². The van der Waals surface area contributed by atoms with Gasteiger partial charge in [-0.15, -0.1) is 0 Å². The van der Waals surface area contributed by atoms with Gasteiger partial charge in [0.15, 0.2) is 16.9 Å². The normalized spacial score (nSPS) is 10.7. The van der Waals surface area contributed by atoms with Gasteiger partial charge in [0.25, 0.3) is 0 Å². The van der Waals surface area contributed by atoms with Crippen molar-refractivity contribution in [2.45, 2.75) is 0 Å². The fraction of sp³-hybridized carbons (Fsp3) is 0.167. The van der Waals surface area contributed by atoms with Crippen molar-refractivity contribution in [2.24, 2.45) is 0 Å². The van der Waals surface area contributed by atoms with E-state index in [1.807, 2.05) is 6.07 Å². The molecule has 0 aliphatic rings. The Kier molecular flexibility index (Phi) is 5.14. The first kappa shape index (κ1) is 20.1. The predicted molar refractivity (Wildman–Crippen MR) is 116 cm³/mol. The number of nitriles is 1. The van der Waals surface area contributed by atoms with E-state index in [2.05, 4.69) is 6.07 Å². The molecule has 0 radical (unpaired) electrons. The van der Waals surface area contributed by atoms with Crippen molar-refractivity contribution in [1.29, 1.82) is 5.26 Å². The summed E-state index contributed by atoms with van der Waals surface area (Å²) in [6.45, 7) is 0. The Balaban J connectivity index is 2.26. The monoisotopic (exact) mass is 417 g/mol. The molecule has 4 rings (SSSR count). The molecule has 0 fully saturated rings. The van der Waals surface area contributed by atoms with Crippen molar-refractivity contribution in [1.82, 2.24) is 0 Å². The number of hydrogen-bond donors (Lipinski definition) is 0. The lowest BCUT2D eigenvalue weighted by Gasteiger charge is -2.16. The van der Waals surface area contributed by atoms with Gasteiger partial charge in [0.1, 0.15) is 16.9 Å². The molecular formula is C24H19NO6. The second-order valence-electron chi connectivity index (χ2n) is 6.66. The lowest BCUT2D eigenvalue weighted by molar-refractivity contribution is 0.354. The number of fused-ring (bicyclic) bond motifs is 2.